The highest BCUT2D eigenvalue weighted by Gasteiger charge is 2.54. The van der Waals surface area contributed by atoms with E-state index in [4.69, 9.17) is 29.9 Å². The minimum absolute atomic E-state index is 0.670. The molecule has 0 aliphatic heterocycles. The monoisotopic (exact) mass is 778 g/mol. The summed E-state index contributed by atoms with van der Waals surface area (Å²) in [5.74, 6) is 1.34. The number of hydrogen-bond acceptors (Lipinski definition) is 6. The minimum Gasteiger partial charge on any atom is -0.256 e. The summed E-state index contributed by atoms with van der Waals surface area (Å²) in [5.41, 5.74) is 17.1. The predicted octanol–water partition coefficient (Wildman–Crippen LogP) is 12.4. The summed E-state index contributed by atoms with van der Waals surface area (Å²) in [6.45, 7) is 0. The Morgan fingerprint density at radius 2 is 0.656 bits per heavy atom. The van der Waals surface area contributed by atoms with Crippen molar-refractivity contribution in [1.82, 2.24) is 29.9 Å². The molecule has 2 aliphatic carbocycles. The predicted molar refractivity (Wildman–Crippen MR) is 242 cm³/mol. The van der Waals surface area contributed by atoms with Crippen molar-refractivity contribution < 1.29 is 0 Å². The summed E-state index contributed by atoms with van der Waals surface area (Å²) >= 11 is 0. The van der Waals surface area contributed by atoms with Crippen molar-refractivity contribution in [3.05, 3.63) is 229 Å². The molecule has 6 nitrogen and oxygen atoms in total. The molecule has 4 heterocycles. The SMILES string of the molecule is c1ccc(-c2cc(-c3cccc4c3-c3ncccc3C43c4cccnc4-c4c(-c5cc(-c6ccccc6)nc(-c6ccccc6)n5)cccc43)nc(-c3ccccc3)n2)cc1. The molecule has 12 rings (SSSR count). The number of benzene rings is 6. The van der Waals surface area contributed by atoms with Gasteiger partial charge in [-0.05, 0) is 46.5 Å². The Morgan fingerprint density at radius 1 is 0.295 bits per heavy atom. The largest absolute Gasteiger partial charge is 0.256 e. The molecular formula is C55H34N6. The van der Waals surface area contributed by atoms with Crippen LogP contribution in [0.5, 0.6) is 0 Å². The van der Waals surface area contributed by atoms with Crippen LogP contribution in [0.4, 0.5) is 0 Å². The third-order valence-corrected chi connectivity index (χ3v) is 12.0. The highest BCUT2D eigenvalue weighted by Crippen LogP contribution is 2.64. The Morgan fingerprint density at radius 3 is 1.07 bits per heavy atom. The average molecular weight is 779 g/mol. The first-order valence-electron chi connectivity index (χ1n) is 20.4. The van der Waals surface area contributed by atoms with Crippen molar-refractivity contribution in [3.8, 4) is 90.3 Å². The number of hydrogen-bond donors (Lipinski definition) is 0. The molecule has 284 valence electrons. The molecule has 0 N–H and O–H groups in total. The van der Waals surface area contributed by atoms with E-state index >= 15 is 0 Å². The van der Waals surface area contributed by atoms with E-state index in [0.717, 1.165) is 101 Å². The van der Waals surface area contributed by atoms with Crippen LogP contribution in [0.3, 0.4) is 0 Å². The maximum absolute atomic E-state index is 5.31. The van der Waals surface area contributed by atoms with Gasteiger partial charge in [-0.25, -0.2) is 19.9 Å². The van der Waals surface area contributed by atoms with E-state index in [1.165, 1.54) is 0 Å². The molecule has 6 aromatic carbocycles. The summed E-state index contributed by atoms with van der Waals surface area (Å²) in [5, 5.41) is 0. The molecule has 61 heavy (non-hydrogen) atoms. The highest BCUT2D eigenvalue weighted by molar-refractivity contribution is 6.01. The smallest absolute Gasteiger partial charge is 0.160 e. The molecular weight excluding hydrogens is 745 g/mol. The van der Waals surface area contributed by atoms with Crippen molar-refractivity contribution in [2.75, 3.05) is 0 Å². The topological polar surface area (TPSA) is 77.3 Å². The van der Waals surface area contributed by atoms with Gasteiger partial charge in [0.15, 0.2) is 11.6 Å². The van der Waals surface area contributed by atoms with Crippen molar-refractivity contribution >= 4 is 0 Å². The summed E-state index contributed by atoms with van der Waals surface area (Å²) in [6.07, 6.45) is 3.80. The van der Waals surface area contributed by atoms with Gasteiger partial charge in [0.25, 0.3) is 0 Å². The van der Waals surface area contributed by atoms with Crippen LogP contribution in [0.2, 0.25) is 0 Å². The second kappa shape index (κ2) is 14.0. The number of rotatable bonds is 6. The standard InChI is InChI=1S/C55H34N6/c1-5-17-35(18-6-1)45-33-47(60-53(58-45)37-21-9-3-10-22-37)39-25-13-27-41-49(39)51-43(29-15-31-56-51)55(41)42-28-14-26-40(50(42)52-44(55)30-16-32-57-52)48-34-46(36-19-7-2-8-20-36)59-54(61-48)38-23-11-4-12-24-38/h1-34H. The molecule has 2 aliphatic rings. The third-order valence-electron chi connectivity index (χ3n) is 12.0. The van der Waals surface area contributed by atoms with Gasteiger partial charge >= 0.3 is 0 Å². The van der Waals surface area contributed by atoms with E-state index < -0.39 is 5.41 Å². The van der Waals surface area contributed by atoms with E-state index in [1.807, 2.05) is 85.2 Å². The molecule has 0 amide bonds. The highest BCUT2D eigenvalue weighted by atomic mass is 14.9. The summed E-state index contributed by atoms with van der Waals surface area (Å²) in [4.78, 5) is 31.2. The number of aromatic nitrogens is 6. The fraction of sp³-hybridized carbons (Fsp3) is 0.0182. The first-order chi connectivity index (χ1) is 30.3. The van der Waals surface area contributed by atoms with Crippen molar-refractivity contribution in [2.24, 2.45) is 0 Å². The van der Waals surface area contributed by atoms with Crippen LogP contribution < -0.4 is 0 Å². The molecule has 4 aromatic heterocycles. The van der Waals surface area contributed by atoms with Crippen LogP contribution >= 0.6 is 0 Å². The fourth-order valence-corrected chi connectivity index (χ4v) is 9.47. The van der Waals surface area contributed by atoms with Gasteiger partial charge in [-0.3, -0.25) is 9.97 Å². The summed E-state index contributed by atoms with van der Waals surface area (Å²) in [6, 6.07) is 67.1. The zero-order valence-electron chi connectivity index (χ0n) is 32.8. The molecule has 0 radical (unpaired) electrons. The second-order valence-electron chi connectivity index (χ2n) is 15.4. The van der Waals surface area contributed by atoms with Gasteiger partial charge < -0.3 is 0 Å². The van der Waals surface area contributed by atoms with Gasteiger partial charge in [0.05, 0.1) is 39.6 Å². The van der Waals surface area contributed by atoms with E-state index in [0.29, 0.717) is 11.6 Å². The van der Waals surface area contributed by atoms with Crippen molar-refractivity contribution in [2.45, 2.75) is 5.41 Å². The van der Waals surface area contributed by atoms with Crippen LogP contribution in [0.15, 0.2) is 207 Å². The summed E-state index contributed by atoms with van der Waals surface area (Å²) in [7, 11) is 0. The molecule has 0 saturated carbocycles. The first kappa shape index (κ1) is 34.8. The van der Waals surface area contributed by atoms with Crippen LogP contribution in [-0.2, 0) is 5.41 Å². The first-order valence-corrected chi connectivity index (χ1v) is 20.4. The van der Waals surface area contributed by atoms with Crippen molar-refractivity contribution in [1.29, 1.82) is 0 Å². The fourth-order valence-electron chi connectivity index (χ4n) is 9.47. The Bertz CT molecular complexity index is 2960. The maximum atomic E-state index is 5.31. The molecule has 0 fully saturated rings. The Hall–Kier alpha value is -8.22. The lowest BCUT2D eigenvalue weighted by Crippen LogP contribution is -2.26. The molecule has 0 atom stereocenters. The van der Waals surface area contributed by atoms with Gasteiger partial charge in [0.1, 0.15) is 0 Å². The molecule has 10 aromatic rings. The minimum atomic E-state index is -0.709. The van der Waals surface area contributed by atoms with Crippen molar-refractivity contribution in [3.63, 3.8) is 0 Å². The maximum Gasteiger partial charge on any atom is 0.160 e. The van der Waals surface area contributed by atoms with E-state index in [1.54, 1.807) is 0 Å². The zero-order valence-corrected chi connectivity index (χ0v) is 32.8. The van der Waals surface area contributed by atoms with E-state index in [9.17, 15) is 0 Å². The molecule has 0 bridgehead atoms. The lowest BCUT2D eigenvalue weighted by Gasteiger charge is -2.30. The third kappa shape index (κ3) is 5.43. The summed E-state index contributed by atoms with van der Waals surface area (Å²) < 4.78 is 0. The van der Waals surface area contributed by atoms with Crippen LogP contribution in [-0.4, -0.2) is 29.9 Å². The molecule has 1 spiro atoms. The Labute approximate surface area is 353 Å². The molecule has 6 heteroatoms. The number of nitrogens with zero attached hydrogens (tertiary/aromatic N) is 6. The average Bonchev–Trinajstić information content (AvgIpc) is 3.82. The van der Waals surface area contributed by atoms with Gasteiger partial charge in [0.2, 0.25) is 0 Å². The zero-order chi connectivity index (χ0) is 40.3. The van der Waals surface area contributed by atoms with Gasteiger partial charge in [-0.15, -0.1) is 0 Å². The quantitative estimate of drug-likeness (QED) is 0.167. The Kier molecular flexibility index (Phi) is 7.96. The van der Waals surface area contributed by atoms with Gasteiger partial charge in [-0.2, -0.15) is 0 Å². The van der Waals surface area contributed by atoms with Crippen LogP contribution in [0, 0.1) is 0 Å². The van der Waals surface area contributed by atoms with Gasteiger partial charge in [0, 0.05) is 56.9 Å². The second-order valence-corrected chi connectivity index (χ2v) is 15.4. The number of pyridine rings is 2. The van der Waals surface area contributed by atoms with E-state index in [2.05, 4.69) is 121 Å². The van der Waals surface area contributed by atoms with Gasteiger partial charge in [-0.1, -0.05) is 170 Å². The molecule has 0 unspecified atom stereocenters. The Balaban J connectivity index is 1.12. The normalized spacial score (nSPS) is 12.7. The van der Waals surface area contributed by atoms with Crippen LogP contribution in [0.25, 0.3) is 90.3 Å². The van der Waals surface area contributed by atoms with Crippen LogP contribution in [0.1, 0.15) is 22.3 Å². The lowest BCUT2D eigenvalue weighted by atomic mass is 9.70. The lowest BCUT2D eigenvalue weighted by molar-refractivity contribution is 0.789. The van der Waals surface area contributed by atoms with E-state index in [-0.39, 0.29) is 0 Å². The molecule has 0 saturated heterocycles. The number of fused-ring (bicyclic) bond motifs is 10.